The third kappa shape index (κ3) is 4.06. The van der Waals surface area contributed by atoms with Crippen LogP contribution in [0.1, 0.15) is 31.2 Å². The summed E-state index contributed by atoms with van der Waals surface area (Å²) >= 11 is 0. The van der Waals surface area contributed by atoms with Gasteiger partial charge in [0, 0.05) is 18.1 Å². The van der Waals surface area contributed by atoms with E-state index in [1.54, 1.807) is 12.1 Å². The van der Waals surface area contributed by atoms with Crippen LogP contribution in [-0.4, -0.2) is 44.8 Å². The summed E-state index contributed by atoms with van der Waals surface area (Å²) in [7, 11) is 4.59. The molecular formula is C21H24N2O6. The molecule has 3 rings (SSSR count). The van der Waals surface area contributed by atoms with E-state index in [1.165, 1.54) is 33.3 Å². The Kier molecular flexibility index (Phi) is 6.11. The number of ether oxygens (including phenoxy) is 5. The van der Waals surface area contributed by atoms with Gasteiger partial charge < -0.3 is 23.7 Å². The number of amides is 1. The Labute approximate surface area is 169 Å². The van der Waals surface area contributed by atoms with E-state index in [0.29, 0.717) is 29.4 Å². The summed E-state index contributed by atoms with van der Waals surface area (Å²) in [6.07, 6.45) is -0.683. The number of benzene rings is 2. The maximum atomic E-state index is 12.2. The van der Waals surface area contributed by atoms with Crippen LogP contribution in [0.4, 0.5) is 0 Å². The minimum atomic E-state index is -0.683. The number of hydrazone groups is 1. The Hall–Kier alpha value is -3.42. The summed E-state index contributed by atoms with van der Waals surface area (Å²) in [5.41, 5.74) is 1.37. The molecule has 0 aromatic heterocycles. The van der Waals surface area contributed by atoms with Crippen LogP contribution < -0.4 is 18.9 Å². The number of methoxy groups -OCH3 is 3. The largest absolute Gasteiger partial charge is 0.494 e. The van der Waals surface area contributed by atoms with Crippen molar-refractivity contribution in [1.29, 1.82) is 0 Å². The van der Waals surface area contributed by atoms with Crippen LogP contribution in [0.15, 0.2) is 41.5 Å². The molecule has 2 aromatic rings. The number of carbonyl (C=O) groups excluding carboxylic acids is 1. The Morgan fingerprint density at radius 3 is 2.17 bits per heavy atom. The number of rotatable bonds is 7. The van der Waals surface area contributed by atoms with Crippen LogP contribution >= 0.6 is 0 Å². The van der Waals surface area contributed by atoms with Gasteiger partial charge in [0.1, 0.15) is 5.75 Å². The SMILES string of the molecule is CCOc1ccc([C@H]2OC(c3cc(OC)c(OC)c(OC)c3)=NN2C(C)=O)cc1. The summed E-state index contributed by atoms with van der Waals surface area (Å²) in [4.78, 5) is 12.2. The van der Waals surface area contributed by atoms with E-state index in [-0.39, 0.29) is 11.8 Å². The molecule has 0 N–H and O–H groups in total. The van der Waals surface area contributed by atoms with Gasteiger partial charge in [-0.25, -0.2) is 0 Å². The molecule has 1 atom stereocenters. The average molecular weight is 400 g/mol. The molecule has 0 unspecified atom stereocenters. The van der Waals surface area contributed by atoms with Crippen molar-refractivity contribution in [3.8, 4) is 23.0 Å². The van der Waals surface area contributed by atoms with Gasteiger partial charge in [0.25, 0.3) is 0 Å². The van der Waals surface area contributed by atoms with Gasteiger partial charge in [-0.15, -0.1) is 5.10 Å². The maximum absolute atomic E-state index is 12.2. The van der Waals surface area contributed by atoms with Gasteiger partial charge in [0.05, 0.1) is 27.9 Å². The van der Waals surface area contributed by atoms with Crippen molar-refractivity contribution in [2.45, 2.75) is 20.1 Å². The van der Waals surface area contributed by atoms with Crippen LogP contribution in [-0.2, 0) is 9.53 Å². The molecule has 29 heavy (non-hydrogen) atoms. The molecule has 1 aliphatic heterocycles. The molecule has 0 spiro atoms. The van der Waals surface area contributed by atoms with Gasteiger partial charge in [0.15, 0.2) is 11.5 Å². The lowest BCUT2D eigenvalue weighted by atomic mass is 10.1. The molecule has 8 heteroatoms. The third-order valence-electron chi connectivity index (χ3n) is 4.35. The van der Waals surface area contributed by atoms with Crippen LogP contribution in [0.25, 0.3) is 0 Å². The highest BCUT2D eigenvalue weighted by molar-refractivity contribution is 5.97. The minimum Gasteiger partial charge on any atom is -0.494 e. The van der Waals surface area contributed by atoms with Crippen molar-refractivity contribution in [3.63, 3.8) is 0 Å². The second kappa shape index (κ2) is 8.72. The van der Waals surface area contributed by atoms with Gasteiger partial charge in [0.2, 0.25) is 23.8 Å². The van der Waals surface area contributed by atoms with E-state index in [1.807, 2.05) is 31.2 Å². The van der Waals surface area contributed by atoms with Crippen LogP contribution in [0.2, 0.25) is 0 Å². The van der Waals surface area contributed by atoms with E-state index >= 15 is 0 Å². The molecule has 154 valence electrons. The summed E-state index contributed by atoms with van der Waals surface area (Å²) < 4.78 is 27.6. The molecule has 0 fully saturated rings. The predicted molar refractivity (Wildman–Crippen MR) is 107 cm³/mol. The first-order chi connectivity index (χ1) is 14.0. The second-order valence-corrected chi connectivity index (χ2v) is 6.16. The number of hydrogen-bond acceptors (Lipinski definition) is 7. The topological polar surface area (TPSA) is 78.8 Å². The molecule has 1 heterocycles. The van der Waals surface area contributed by atoms with E-state index in [4.69, 9.17) is 23.7 Å². The summed E-state index contributed by atoms with van der Waals surface area (Å²) in [5.74, 6) is 2.17. The highest BCUT2D eigenvalue weighted by Crippen LogP contribution is 2.40. The molecule has 8 nitrogen and oxygen atoms in total. The molecule has 1 aliphatic rings. The monoisotopic (exact) mass is 400 g/mol. The van der Waals surface area contributed by atoms with Crippen molar-refractivity contribution < 1.29 is 28.5 Å². The summed E-state index contributed by atoms with van der Waals surface area (Å²) in [6.45, 7) is 3.93. The molecule has 0 aliphatic carbocycles. The number of hydrogen-bond donors (Lipinski definition) is 0. The van der Waals surface area contributed by atoms with Gasteiger partial charge in [-0.1, -0.05) is 0 Å². The smallest absolute Gasteiger partial charge is 0.243 e. The first kappa shape index (κ1) is 20.3. The van der Waals surface area contributed by atoms with Crippen molar-refractivity contribution in [2.24, 2.45) is 5.10 Å². The Bertz CT molecular complexity index is 885. The van der Waals surface area contributed by atoms with E-state index in [0.717, 1.165) is 11.3 Å². The normalized spacial score (nSPS) is 15.4. The Balaban J connectivity index is 1.95. The lowest BCUT2D eigenvalue weighted by molar-refractivity contribution is -0.135. The van der Waals surface area contributed by atoms with Crippen molar-refractivity contribution in [1.82, 2.24) is 5.01 Å². The molecular weight excluding hydrogens is 376 g/mol. The zero-order chi connectivity index (χ0) is 21.0. The second-order valence-electron chi connectivity index (χ2n) is 6.16. The fraction of sp³-hybridized carbons (Fsp3) is 0.333. The van der Waals surface area contributed by atoms with Crippen LogP contribution in [0, 0.1) is 0 Å². The van der Waals surface area contributed by atoms with Gasteiger partial charge in [-0.05, 0) is 43.3 Å². The highest BCUT2D eigenvalue weighted by Gasteiger charge is 2.34. The van der Waals surface area contributed by atoms with E-state index in [9.17, 15) is 4.79 Å². The van der Waals surface area contributed by atoms with Gasteiger partial charge in [-0.3, -0.25) is 4.79 Å². The summed E-state index contributed by atoms with van der Waals surface area (Å²) in [5, 5.41) is 5.68. The van der Waals surface area contributed by atoms with Crippen molar-refractivity contribution >= 4 is 11.8 Å². The molecule has 2 aromatic carbocycles. The lowest BCUT2D eigenvalue weighted by Gasteiger charge is -2.19. The standard InChI is InChI=1S/C21H24N2O6/c1-6-28-16-9-7-14(8-10-16)21-23(13(2)24)22-20(29-21)15-11-17(25-3)19(27-5)18(12-15)26-4/h7-12,21H,6H2,1-5H3/t21-/m1/s1. The number of nitrogens with zero attached hydrogens (tertiary/aromatic N) is 2. The lowest BCUT2D eigenvalue weighted by Crippen LogP contribution is -2.25. The molecule has 1 amide bonds. The highest BCUT2D eigenvalue weighted by atomic mass is 16.5. The predicted octanol–water partition coefficient (Wildman–Crippen LogP) is 3.35. The third-order valence-corrected chi connectivity index (χ3v) is 4.35. The molecule has 0 bridgehead atoms. The molecule has 0 saturated heterocycles. The van der Waals surface area contributed by atoms with Gasteiger partial charge >= 0.3 is 0 Å². The maximum Gasteiger partial charge on any atom is 0.243 e. The summed E-state index contributed by atoms with van der Waals surface area (Å²) in [6, 6.07) is 10.8. The molecule has 0 radical (unpaired) electrons. The Morgan fingerprint density at radius 2 is 1.69 bits per heavy atom. The van der Waals surface area contributed by atoms with Crippen LogP contribution in [0.5, 0.6) is 23.0 Å². The Morgan fingerprint density at radius 1 is 1.07 bits per heavy atom. The average Bonchev–Trinajstić information content (AvgIpc) is 3.19. The molecule has 0 saturated carbocycles. The van der Waals surface area contributed by atoms with Gasteiger partial charge in [-0.2, -0.15) is 5.01 Å². The number of carbonyl (C=O) groups is 1. The zero-order valence-corrected chi connectivity index (χ0v) is 17.1. The fourth-order valence-corrected chi connectivity index (χ4v) is 3.00. The van der Waals surface area contributed by atoms with E-state index in [2.05, 4.69) is 5.10 Å². The first-order valence-electron chi connectivity index (χ1n) is 9.10. The minimum absolute atomic E-state index is 0.244. The first-order valence-corrected chi connectivity index (χ1v) is 9.10. The quantitative estimate of drug-likeness (QED) is 0.709. The van der Waals surface area contributed by atoms with Crippen LogP contribution in [0.3, 0.4) is 0 Å². The van der Waals surface area contributed by atoms with Crippen molar-refractivity contribution in [3.05, 3.63) is 47.5 Å². The van der Waals surface area contributed by atoms with E-state index < -0.39 is 6.23 Å². The zero-order valence-electron chi connectivity index (χ0n) is 17.1. The fourth-order valence-electron chi connectivity index (χ4n) is 3.00. The van der Waals surface area contributed by atoms with Crippen molar-refractivity contribution in [2.75, 3.05) is 27.9 Å².